The number of carbonyl (C=O) groups excluding carboxylic acids is 1. The van der Waals surface area contributed by atoms with Gasteiger partial charge in [-0.15, -0.1) is 0 Å². The molecule has 18 heavy (non-hydrogen) atoms. The summed E-state index contributed by atoms with van der Waals surface area (Å²) in [5, 5.41) is 3.20. The maximum Gasteiger partial charge on any atom is 0.241 e. The van der Waals surface area contributed by atoms with E-state index in [0.29, 0.717) is 6.54 Å². The number of likely N-dealkylation sites (N-methyl/N-ethyl adjacent to an activating group) is 1. The Labute approximate surface area is 108 Å². The Morgan fingerprint density at radius 2 is 2.11 bits per heavy atom. The van der Waals surface area contributed by atoms with Crippen LogP contribution in [-0.4, -0.2) is 38.6 Å². The third-order valence-corrected chi connectivity index (χ3v) is 3.85. The average Bonchev–Trinajstić information content (AvgIpc) is 2.29. The molecule has 1 fully saturated rings. The highest BCUT2D eigenvalue weighted by molar-refractivity contribution is 6.01. The zero-order chi connectivity index (χ0) is 12.9. The predicted octanol–water partition coefficient (Wildman–Crippen LogP) is 1.06. The minimum Gasteiger partial charge on any atom is -0.371 e. The van der Waals surface area contributed by atoms with Gasteiger partial charge in [0.1, 0.15) is 0 Å². The van der Waals surface area contributed by atoms with E-state index in [1.165, 1.54) is 16.8 Å². The van der Waals surface area contributed by atoms with Crippen molar-refractivity contribution < 1.29 is 4.79 Å². The Kier molecular flexibility index (Phi) is 2.55. The number of rotatable bonds is 0. The van der Waals surface area contributed by atoms with E-state index in [-0.39, 0.29) is 11.9 Å². The molecular weight excluding hydrogens is 226 g/mol. The normalized spacial score (nSPS) is 22.8. The van der Waals surface area contributed by atoms with Gasteiger partial charge in [-0.25, -0.2) is 0 Å². The number of nitrogens with one attached hydrogen (secondary N) is 1. The molecule has 96 valence electrons. The van der Waals surface area contributed by atoms with Crippen molar-refractivity contribution in [1.82, 2.24) is 5.32 Å². The number of fused-ring (bicyclic) bond motifs is 3. The number of nitrogens with zero attached hydrogens (tertiary/aromatic N) is 2. The first-order chi connectivity index (χ1) is 8.58. The van der Waals surface area contributed by atoms with Crippen LogP contribution in [-0.2, 0) is 4.79 Å². The summed E-state index contributed by atoms with van der Waals surface area (Å²) in [6, 6.07) is 4.59. The molecular formula is C14H19N3O. The lowest BCUT2D eigenvalue weighted by Crippen LogP contribution is -2.61. The summed E-state index contributed by atoms with van der Waals surface area (Å²) in [4.78, 5) is 16.4. The molecule has 2 heterocycles. The zero-order valence-electron chi connectivity index (χ0n) is 11.2. The summed E-state index contributed by atoms with van der Waals surface area (Å²) in [7, 11) is 2.11. The first-order valence-corrected chi connectivity index (χ1v) is 6.43. The van der Waals surface area contributed by atoms with Crippen molar-refractivity contribution in [2.45, 2.75) is 19.9 Å². The maximum absolute atomic E-state index is 12.2. The number of amides is 1. The number of hydrogen-bond acceptors (Lipinski definition) is 3. The highest BCUT2D eigenvalue weighted by Gasteiger charge is 2.36. The molecule has 1 N–H and O–H groups in total. The Morgan fingerprint density at radius 1 is 1.33 bits per heavy atom. The Balaban J connectivity index is 2.17. The van der Waals surface area contributed by atoms with Gasteiger partial charge in [-0.05, 0) is 31.0 Å². The number of aryl methyl sites for hydroxylation is 2. The lowest BCUT2D eigenvalue weighted by atomic mass is 9.99. The van der Waals surface area contributed by atoms with Gasteiger partial charge in [0, 0.05) is 20.1 Å². The van der Waals surface area contributed by atoms with E-state index in [2.05, 4.69) is 43.2 Å². The molecule has 0 spiro atoms. The van der Waals surface area contributed by atoms with Crippen LogP contribution in [0.2, 0.25) is 0 Å². The molecule has 3 rings (SSSR count). The van der Waals surface area contributed by atoms with Gasteiger partial charge >= 0.3 is 0 Å². The first-order valence-electron chi connectivity index (χ1n) is 6.43. The summed E-state index contributed by atoms with van der Waals surface area (Å²) >= 11 is 0. The van der Waals surface area contributed by atoms with E-state index in [1.54, 1.807) is 0 Å². The molecule has 1 aromatic carbocycles. The minimum absolute atomic E-state index is 0.188. The number of benzene rings is 1. The van der Waals surface area contributed by atoms with Crippen molar-refractivity contribution in [1.29, 1.82) is 0 Å². The average molecular weight is 245 g/mol. The van der Waals surface area contributed by atoms with Gasteiger partial charge < -0.3 is 15.1 Å². The van der Waals surface area contributed by atoms with Crippen LogP contribution in [0.1, 0.15) is 11.1 Å². The van der Waals surface area contributed by atoms with Gasteiger partial charge in [0.05, 0.1) is 24.0 Å². The zero-order valence-corrected chi connectivity index (χ0v) is 11.2. The molecule has 2 aliphatic heterocycles. The highest BCUT2D eigenvalue weighted by Crippen LogP contribution is 2.39. The smallest absolute Gasteiger partial charge is 0.241 e. The fraction of sp³-hybridized carbons (Fsp3) is 0.500. The van der Waals surface area contributed by atoms with E-state index >= 15 is 0 Å². The molecule has 2 aliphatic rings. The molecule has 1 amide bonds. The van der Waals surface area contributed by atoms with Crippen molar-refractivity contribution in [2.75, 3.05) is 36.5 Å². The van der Waals surface area contributed by atoms with Crippen molar-refractivity contribution in [3.05, 3.63) is 23.3 Å². The third kappa shape index (κ3) is 1.60. The molecule has 0 saturated carbocycles. The monoisotopic (exact) mass is 245 g/mol. The van der Waals surface area contributed by atoms with Crippen LogP contribution in [0, 0.1) is 13.8 Å². The quantitative estimate of drug-likeness (QED) is 0.742. The van der Waals surface area contributed by atoms with E-state index < -0.39 is 0 Å². The minimum atomic E-state index is 0.188. The summed E-state index contributed by atoms with van der Waals surface area (Å²) in [5.41, 5.74) is 4.72. The van der Waals surface area contributed by atoms with Gasteiger partial charge in [0.2, 0.25) is 5.91 Å². The lowest BCUT2D eigenvalue weighted by Gasteiger charge is -2.45. The number of carbonyl (C=O) groups is 1. The molecule has 4 heteroatoms. The van der Waals surface area contributed by atoms with E-state index in [4.69, 9.17) is 0 Å². The summed E-state index contributed by atoms with van der Waals surface area (Å²) in [6.45, 7) is 6.43. The second-order valence-corrected chi connectivity index (χ2v) is 5.38. The van der Waals surface area contributed by atoms with Crippen LogP contribution in [0.3, 0.4) is 0 Å². The van der Waals surface area contributed by atoms with Crippen LogP contribution in [0.15, 0.2) is 12.1 Å². The topological polar surface area (TPSA) is 35.6 Å². The fourth-order valence-electron chi connectivity index (χ4n) is 3.14. The third-order valence-electron chi connectivity index (χ3n) is 3.85. The second kappa shape index (κ2) is 3.99. The standard InChI is InChI=1S/C14H19N3O/c1-9-4-10(2)14-12(5-9)16(3)8-11-6-15-7-13(18)17(11)14/h4-5,11,15H,6-8H2,1-3H3. The van der Waals surface area contributed by atoms with Crippen molar-refractivity contribution in [2.24, 2.45) is 0 Å². The SMILES string of the molecule is Cc1cc(C)c2c(c1)N(C)CC1CNCC(=O)N21. The number of hydrogen-bond donors (Lipinski definition) is 1. The Bertz CT molecular complexity index is 512. The van der Waals surface area contributed by atoms with Crippen LogP contribution >= 0.6 is 0 Å². The number of anilines is 2. The summed E-state index contributed by atoms with van der Waals surface area (Å²) in [5.74, 6) is 0.188. The molecule has 4 nitrogen and oxygen atoms in total. The molecule has 1 aromatic rings. The molecule has 1 atom stereocenters. The van der Waals surface area contributed by atoms with Gasteiger partial charge in [-0.2, -0.15) is 0 Å². The van der Waals surface area contributed by atoms with E-state index in [9.17, 15) is 4.79 Å². The van der Waals surface area contributed by atoms with Crippen molar-refractivity contribution >= 4 is 17.3 Å². The van der Waals surface area contributed by atoms with Gasteiger partial charge in [-0.3, -0.25) is 4.79 Å². The van der Waals surface area contributed by atoms with Crippen molar-refractivity contribution in [3.8, 4) is 0 Å². The fourth-order valence-corrected chi connectivity index (χ4v) is 3.14. The molecule has 1 saturated heterocycles. The second-order valence-electron chi connectivity index (χ2n) is 5.38. The largest absolute Gasteiger partial charge is 0.371 e. The highest BCUT2D eigenvalue weighted by atomic mass is 16.2. The molecule has 0 radical (unpaired) electrons. The molecule has 0 aliphatic carbocycles. The summed E-state index contributed by atoms with van der Waals surface area (Å²) in [6.07, 6.45) is 0. The molecule has 1 unspecified atom stereocenters. The van der Waals surface area contributed by atoms with Crippen LogP contribution in [0.25, 0.3) is 0 Å². The predicted molar refractivity (Wildman–Crippen MR) is 73.3 cm³/mol. The van der Waals surface area contributed by atoms with Crippen LogP contribution in [0.4, 0.5) is 11.4 Å². The Hall–Kier alpha value is -1.55. The lowest BCUT2D eigenvalue weighted by molar-refractivity contribution is -0.119. The summed E-state index contributed by atoms with van der Waals surface area (Å²) < 4.78 is 0. The van der Waals surface area contributed by atoms with E-state index in [0.717, 1.165) is 18.8 Å². The van der Waals surface area contributed by atoms with Gasteiger partial charge in [0.15, 0.2) is 0 Å². The first kappa shape index (κ1) is 11.5. The van der Waals surface area contributed by atoms with Crippen LogP contribution < -0.4 is 15.1 Å². The Morgan fingerprint density at radius 3 is 2.89 bits per heavy atom. The van der Waals surface area contributed by atoms with Crippen molar-refractivity contribution in [3.63, 3.8) is 0 Å². The molecule has 0 bridgehead atoms. The molecule has 0 aromatic heterocycles. The van der Waals surface area contributed by atoms with Gasteiger partial charge in [0.25, 0.3) is 0 Å². The van der Waals surface area contributed by atoms with E-state index in [1.807, 2.05) is 4.90 Å². The van der Waals surface area contributed by atoms with Crippen LogP contribution in [0.5, 0.6) is 0 Å². The number of piperazine rings is 1. The van der Waals surface area contributed by atoms with Gasteiger partial charge in [-0.1, -0.05) is 6.07 Å². The maximum atomic E-state index is 12.2.